The molecule has 0 amide bonds. The normalized spacial score (nSPS) is 27.5. The van der Waals surface area contributed by atoms with Crippen molar-refractivity contribution in [2.45, 2.75) is 33.3 Å². The lowest BCUT2D eigenvalue weighted by molar-refractivity contribution is -0.159. The quantitative estimate of drug-likeness (QED) is 0.691. The van der Waals surface area contributed by atoms with Gasteiger partial charge in [0, 0.05) is 7.11 Å². The fraction of sp³-hybridized carbons (Fsp3) is 0.643. The van der Waals surface area contributed by atoms with Crippen LogP contribution in [0.25, 0.3) is 0 Å². The minimum Gasteiger partial charge on any atom is -0.465 e. The van der Waals surface area contributed by atoms with E-state index in [2.05, 4.69) is 13.8 Å². The van der Waals surface area contributed by atoms with Crippen molar-refractivity contribution in [1.29, 1.82) is 0 Å². The number of hydrogen-bond donors (Lipinski definition) is 0. The van der Waals surface area contributed by atoms with Gasteiger partial charge in [-0.2, -0.15) is 0 Å². The van der Waals surface area contributed by atoms with E-state index in [0.29, 0.717) is 12.5 Å². The van der Waals surface area contributed by atoms with Crippen molar-refractivity contribution in [1.82, 2.24) is 0 Å². The molecule has 0 radical (unpaired) electrons. The average Bonchev–Trinajstić information content (AvgIpc) is 2.29. The second-order valence-corrected chi connectivity index (χ2v) is 4.76. The van der Waals surface area contributed by atoms with Gasteiger partial charge in [0.25, 0.3) is 0 Å². The first-order valence-corrected chi connectivity index (χ1v) is 6.13. The molecule has 0 saturated carbocycles. The third-order valence-corrected chi connectivity index (χ3v) is 2.95. The molecule has 0 aliphatic heterocycles. The number of rotatable bonds is 5. The minimum absolute atomic E-state index is 0.193. The van der Waals surface area contributed by atoms with Gasteiger partial charge in [-0.3, -0.25) is 4.79 Å². The lowest BCUT2D eigenvalue weighted by Crippen LogP contribution is -2.44. The van der Waals surface area contributed by atoms with Crippen molar-refractivity contribution in [2.24, 2.45) is 11.3 Å². The molecule has 0 N–H and O–H groups in total. The molecular weight excluding hydrogens is 216 g/mol. The zero-order valence-electron chi connectivity index (χ0n) is 11.1. The van der Waals surface area contributed by atoms with Crippen molar-refractivity contribution < 1.29 is 14.3 Å². The van der Waals surface area contributed by atoms with Gasteiger partial charge in [-0.05, 0) is 19.3 Å². The summed E-state index contributed by atoms with van der Waals surface area (Å²) in [6.45, 7) is 6.41. The van der Waals surface area contributed by atoms with Gasteiger partial charge < -0.3 is 9.47 Å². The summed E-state index contributed by atoms with van der Waals surface area (Å²) >= 11 is 0. The molecule has 0 aromatic heterocycles. The van der Waals surface area contributed by atoms with E-state index < -0.39 is 5.41 Å². The summed E-state index contributed by atoms with van der Waals surface area (Å²) in [6, 6.07) is 0. The topological polar surface area (TPSA) is 35.5 Å². The Kier molecular flexibility index (Phi) is 4.94. The van der Waals surface area contributed by atoms with E-state index in [1.54, 1.807) is 7.11 Å². The van der Waals surface area contributed by atoms with E-state index in [1.807, 2.05) is 31.2 Å². The molecule has 17 heavy (non-hydrogen) atoms. The van der Waals surface area contributed by atoms with Gasteiger partial charge in [0.1, 0.15) is 5.41 Å². The summed E-state index contributed by atoms with van der Waals surface area (Å²) in [4.78, 5) is 12.2. The predicted octanol–water partition coefficient (Wildman–Crippen LogP) is 2.72. The van der Waals surface area contributed by atoms with Crippen LogP contribution in [0.4, 0.5) is 0 Å². The van der Waals surface area contributed by atoms with Crippen molar-refractivity contribution >= 4 is 5.97 Å². The summed E-state index contributed by atoms with van der Waals surface area (Å²) in [7, 11) is 1.63. The first-order chi connectivity index (χ1) is 8.06. The number of carbonyl (C=O) groups excluding carboxylic acids is 1. The van der Waals surface area contributed by atoms with Crippen LogP contribution in [0.15, 0.2) is 24.3 Å². The van der Waals surface area contributed by atoms with E-state index in [4.69, 9.17) is 9.47 Å². The van der Waals surface area contributed by atoms with Crippen molar-refractivity contribution in [3.63, 3.8) is 0 Å². The van der Waals surface area contributed by atoms with E-state index in [9.17, 15) is 4.79 Å². The first-order valence-electron chi connectivity index (χ1n) is 6.13. The molecule has 0 bridgehead atoms. The van der Waals surface area contributed by atoms with Gasteiger partial charge in [0.15, 0.2) is 0 Å². The van der Waals surface area contributed by atoms with Crippen molar-refractivity contribution in [3.05, 3.63) is 24.3 Å². The zero-order chi connectivity index (χ0) is 12.9. The standard InChI is InChI=1S/C14H22O3/c1-5-17-13(15)14(10-11(2)3)9-7-6-8-12(14)16-4/h6-9,11-12H,5,10H2,1-4H3. The maximum Gasteiger partial charge on any atom is 0.318 e. The van der Waals surface area contributed by atoms with Gasteiger partial charge in [0.2, 0.25) is 0 Å². The summed E-state index contributed by atoms with van der Waals surface area (Å²) in [5.74, 6) is 0.203. The van der Waals surface area contributed by atoms with E-state index in [1.165, 1.54) is 0 Å². The molecule has 0 aromatic rings. The molecule has 0 fully saturated rings. The van der Waals surface area contributed by atoms with E-state index in [-0.39, 0.29) is 12.1 Å². The van der Waals surface area contributed by atoms with Crippen LogP contribution in [0, 0.1) is 11.3 Å². The van der Waals surface area contributed by atoms with Crippen LogP contribution in [-0.4, -0.2) is 25.8 Å². The zero-order valence-corrected chi connectivity index (χ0v) is 11.1. The van der Waals surface area contributed by atoms with E-state index >= 15 is 0 Å². The van der Waals surface area contributed by atoms with Crippen molar-refractivity contribution in [2.75, 3.05) is 13.7 Å². The molecule has 96 valence electrons. The Morgan fingerprint density at radius 2 is 2.12 bits per heavy atom. The van der Waals surface area contributed by atoms with E-state index in [0.717, 1.165) is 6.42 Å². The number of allylic oxidation sites excluding steroid dienone is 2. The Balaban J connectivity index is 3.03. The number of hydrogen-bond acceptors (Lipinski definition) is 3. The van der Waals surface area contributed by atoms with Gasteiger partial charge >= 0.3 is 5.97 Å². The summed E-state index contributed by atoms with van der Waals surface area (Å²) in [6.07, 6.45) is 8.12. The van der Waals surface area contributed by atoms with Crippen LogP contribution in [0.2, 0.25) is 0 Å². The molecule has 2 unspecified atom stereocenters. The molecule has 0 saturated heterocycles. The lowest BCUT2D eigenvalue weighted by atomic mass is 9.73. The Morgan fingerprint density at radius 1 is 1.41 bits per heavy atom. The molecule has 3 nitrogen and oxygen atoms in total. The SMILES string of the molecule is CCOC(=O)C1(CC(C)C)C=CC=CC1OC. The Morgan fingerprint density at radius 3 is 2.65 bits per heavy atom. The molecule has 3 heteroatoms. The second-order valence-electron chi connectivity index (χ2n) is 4.76. The van der Waals surface area contributed by atoms with Gasteiger partial charge in [0.05, 0.1) is 12.7 Å². The maximum absolute atomic E-state index is 12.2. The van der Waals surface area contributed by atoms with Crippen LogP contribution < -0.4 is 0 Å². The molecule has 0 heterocycles. The monoisotopic (exact) mass is 238 g/mol. The highest BCUT2D eigenvalue weighted by Crippen LogP contribution is 2.38. The molecule has 1 aliphatic rings. The van der Waals surface area contributed by atoms with Crippen LogP contribution in [0.1, 0.15) is 27.2 Å². The predicted molar refractivity (Wildman–Crippen MR) is 67.6 cm³/mol. The molecule has 0 spiro atoms. The Hall–Kier alpha value is -1.09. The molecule has 1 aliphatic carbocycles. The molecule has 0 aromatic carbocycles. The Labute approximate surface area is 103 Å². The summed E-state index contributed by atoms with van der Waals surface area (Å²) < 4.78 is 10.7. The highest BCUT2D eigenvalue weighted by Gasteiger charge is 2.45. The first kappa shape index (κ1) is 14.0. The Bertz CT molecular complexity index is 317. The molecule has 2 atom stereocenters. The average molecular weight is 238 g/mol. The highest BCUT2D eigenvalue weighted by molar-refractivity contribution is 5.81. The summed E-state index contributed by atoms with van der Waals surface area (Å²) in [5.41, 5.74) is -0.673. The third kappa shape index (κ3) is 2.97. The second kappa shape index (κ2) is 6.01. The largest absolute Gasteiger partial charge is 0.465 e. The number of carbonyl (C=O) groups is 1. The van der Waals surface area contributed by atoms with Gasteiger partial charge in [-0.1, -0.05) is 38.2 Å². The van der Waals surface area contributed by atoms with Crippen molar-refractivity contribution in [3.8, 4) is 0 Å². The minimum atomic E-state index is -0.673. The smallest absolute Gasteiger partial charge is 0.318 e. The van der Waals surface area contributed by atoms with Crippen LogP contribution in [0.3, 0.4) is 0 Å². The number of esters is 1. The van der Waals surface area contributed by atoms with Crippen LogP contribution in [-0.2, 0) is 14.3 Å². The summed E-state index contributed by atoms with van der Waals surface area (Å²) in [5, 5.41) is 0. The fourth-order valence-electron chi connectivity index (χ4n) is 2.34. The fourth-order valence-corrected chi connectivity index (χ4v) is 2.34. The molecular formula is C14H22O3. The number of methoxy groups -OCH3 is 1. The van der Waals surface area contributed by atoms with Crippen LogP contribution >= 0.6 is 0 Å². The third-order valence-electron chi connectivity index (χ3n) is 2.95. The van der Waals surface area contributed by atoms with Gasteiger partial charge in [-0.25, -0.2) is 0 Å². The van der Waals surface area contributed by atoms with Crippen LogP contribution in [0.5, 0.6) is 0 Å². The highest BCUT2D eigenvalue weighted by atomic mass is 16.5. The maximum atomic E-state index is 12.2. The van der Waals surface area contributed by atoms with Gasteiger partial charge in [-0.15, -0.1) is 0 Å². The number of ether oxygens (including phenoxy) is 2. The molecule has 1 rings (SSSR count). The lowest BCUT2D eigenvalue weighted by Gasteiger charge is -2.36.